The molecule has 0 aliphatic carbocycles. The lowest BCUT2D eigenvalue weighted by atomic mass is 10.1. The van der Waals surface area contributed by atoms with E-state index < -0.39 is 0 Å². The summed E-state index contributed by atoms with van der Waals surface area (Å²) >= 11 is 1.46. The first-order chi connectivity index (χ1) is 8.11. The molecule has 0 saturated carbocycles. The van der Waals surface area contributed by atoms with Crippen molar-refractivity contribution in [1.82, 2.24) is 15.5 Å². The highest BCUT2D eigenvalue weighted by molar-refractivity contribution is 7.15. The van der Waals surface area contributed by atoms with Gasteiger partial charge in [0.25, 0.3) is 0 Å². The van der Waals surface area contributed by atoms with Gasteiger partial charge in [-0.15, -0.1) is 10.2 Å². The Morgan fingerprint density at radius 3 is 2.82 bits per heavy atom. The van der Waals surface area contributed by atoms with Crippen molar-refractivity contribution in [3.63, 3.8) is 0 Å². The summed E-state index contributed by atoms with van der Waals surface area (Å²) in [6.45, 7) is 5.12. The predicted octanol–water partition coefficient (Wildman–Crippen LogP) is 1.67. The molecule has 1 amide bonds. The van der Waals surface area contributed by atoms with Crippen LogP contribution in [0.4, 0.5) is 5.13 Å². The van der Waals surface area contributed by atoms with Crippen molar-refractivity contribution < 1.29 is 4.79 Å². The maximum absolute atomic E-state index is 11.5. The molecule has 1 rings (SSSR count). The summed E-state index contributed by atoms with van der Waals surface area (Å²) < 4.78 is 0. The molecular formula is C11H20N4OS. The van der Waals surface area contributed by atoms with Crippen molar-refractivity contribution in [3.8, 4) is 0 Å². The third kappa shape index (κ3) is 5.74. The van der Waals surface area contributed by atoms with Gasteiger partial charge in [0, 0.05) is 12.8 Å². The molecule has 17 heavy (non-hydrogen) atoms. The van der Waals surface area contributed by atoms with Gasteiger partial charge in [-0.05, 0) is 25.9 Å². The Kier molecular flexibility index (Phi) is 6.07. The number of hydrogen-bond donors (Lipinski definition) is 2. The van der Waals surface area contributed by atoms with E-state index in [1.165, 1.54) is 11.3 Å². The standard InChI is InChI=1S/C11H20N4OS/c1-8(2)7-10-14-15-11(17-10)13-9(16)5-4-6-12-3/h8,12H,4-7H2,1-3H3,(H,13,15,16). The number of hydrogen-bond acceptors (Lipinski definition) is 5. The minimum absolute atomic E-state index is 0.00694. The van der Waals surface area contributed by atoms with E-state index in [4.69, 9.17) is 0 Å². The molecule has 0 radical (unpaired) electrons. The number of anilines is 1. The summed E-state index contributed by atoms with van der Waals surface area (Å²) in [5.41, 5.74) is 0. The molecule has 0 spiro atoms. The Bertz CT molecular complexity index is 351. The van der Waals surface area contributed by atoms with Gasteiger partial charge >= 0.3 is 0 Å². The Morgan fingerprint density at radius 1 is 1.41 bits per heavy atom. The first-order valence-corrected chi connectivity index (χ1v) is 6.70. The van der Waals surface area contributed by atoms with Crippen LogP contribution in [0, 0.1) is 5.92 Å². The molecule has 0 saturated heterocycles. The molecule has 0 aliphatic heterocycles. The van der Waals surface area contributed by atoms with E-state index in [2.05, 4.69) is 34.7 Å². The first-order valence-electron chi connectivity index (χ1n) is 5.88. The topological polar surface area (TPSA) is 66.9 Å². The lowest BCUT2D eigenvalue weighted by Gasteiger charge is -2.00. The van der Waals surface area contributed by atoms with Crippen LogP contribution in [0.2, 0.25) is 0 Å². The van der Waals surface area contributed by atoms with Gasteiger partial charge in [-0.1, -0.05) is 25.2 Å². The van der Waals surface area contributed by atoms with Gasteiger partial charge in [0.2, 0.25) is 11.0 Å². The second kappa shape index (κ2) is 7.34. The van der Waals surface area contributed by atoms with Crippen LogP contribution < -0.4 is 10.6 Å². The van der Waals surface area contributed by atoms with Crippen molar-refractivity contribution >= 4 is 22.4 Å². The smallest absolute Gasteiger partial charge is 0.226 e. The molecule has 96 valence electrons. The number of carbonyl (C=O) groups is 1. The second-order valence-corrected chi connectivity index (χ2v) is 5.42. The van der Waals surface area contributed by atoms with Gasteiger partial charge in [-0.3, -0.25) is 4.79 Å². The molecule has 0 aromatic carbocycles. The maximum Gasteiger partial charge on any atom is 0.226 e. The van der Waals surface area contributed by atoms with Crippen LogP contribution in [0.1, 0.15) is 31.7 Å². The van der Waals surface area contributed by atoms with E-state index in [-0.39, 0.29) is 5.91 Å². The lowest BCUT2D eigenvalue weighted by Crippen LogP contribution is -2.15. The van der Waals surface area contributed by atoms with Gasteiger partial charge in [-0.25, -0.2) is 0 Å². The predicted molar refractivity (Wildman–Crippen MR) is 70.2 cm³/mol. The molecule has 1 aromatic rings. The van der Waals surface area contributed by atoms with E-state index in [9.17, 15) is 4.79 Å². The number of rotatable bonds is 7. The number of amides is 1. The van der Waals surface area contributed by atoms with Crippen molar-refractivity contribution in [3.05, 3.63) is 5.01 Å². The zero-order valence-electron chi connectivity index (χ0n) is 10.6. The number of aromatic nitrogens is 2. The minimum Gasteiger partial charge on any atom is -0.320 e. The SMILES string of the molecule is CNCCCC(=O)Nc1nnc(CC(C)C)s1. The average Bonchev–Trinajstić information content (AvgIpc) is 2.64. The van der Waals surface area contributed by atoms with Crippen LogP contribution in [-0.4, -0.2) is 29.7 Å². The van der Waals surface area contributed by atoms with Crippen molar-refractivity contribution in [1.29, 1.82) is 0 Å². The number of nitrogens with zero attached hydrogens (tertiary/aromatic N) is 2. The molecule has 5 nitrogen and oxygen atoms in total. The van der Waals surface area contributed by atoms with Crippen molar-refractivity contribution in [2.45, 2.75) is 33.1 Å². The number of nitrogens with one attached hydrogen (secondary N) is 2. The van der Waals surface area contributed by atoms with E-state index in [1.807, 2.05) is 7.05 Å². The summed E-state index contributed by atoms with van der Waals surface area (Å²) in [4.78, 5) is 11.5. The molecule has 0 aliphatic rings. The fourth-order valence-electron chi connectivity index (χ4n) is 1.34. The fraction of sp³-hybridized carbons (Fsp3) is 0.727. The van der Waals surface area contributed by atoms with Crippen LogP contribution in [0.15, 0.2) is 0 Å². The summed E-state index contributed by atoms with van der Waals surface area (Å²) in [5, 5.41) is 15.4. The molecule has 0 unspecified atom stereocenters. The Balaban J connectivity index is 2.35. The Morgan fingerprint density at radius 2 is 2.18 bits per heavy atom. The first kappa shape index (κ1) is 14.1. The fourth-order valence-corrected chi connectivity index (χ4v) is 2.31. The van der Waals surface area contributed by atoms with E-state index in [1.54, 1.807) is 0 Å². The molecule has 0 fully saturated rings. The van der Waals surface area contributed by atoms with E-state index in [0.29, 0.717) is 17.5 Å². The highest BCUT2D eigenvalue weighted by Crippen LogP contribution is 2.18. The minimum atomic E-state index is 0.00694. The average molecular weight is 256 g/mol. The Labute approximate surface area is 106 Å². The van der Waals surface area contributed by atoms with E-state index in [0.717, 1.165) is 24.4 Å². The summed E-state index contributed by atoms with van der Waals surface area (Å²) in [7, 11) is 1.88. The Hall–Kier alpha value is -1.01. The molecule has 1 aromatic heterocycles. The molecule has 0 atom stereocenters. The highest BCUT2D eigenvalue weighted by atomic mass is 32.1. The summed E-state index contributed by atoms with van der Waals surface area (Å²) in [6.07, 6.45) is 2.26. The molecule has 6 heteroatoms. The maximum atomic E-state index is 11.5. The third-order valence-electron chi connectivity index (χ3n) is 2.13. The van der Waals surface area contributed by atoms with E-state index >= 15 is 0 Å². The van der Waals surface area contributed by atoms with Crippen LogP contribution in [0.25, 0.3) is 0 Å². The molecule has 1 heterocycles. The van der Waals surface area contributed by atoms with Crippen LogP contribution >= 0.6 is 11.3 Å². The number of carbonyl (C=O) groups excluding carboxylic acids is 1. The summed E-state index contributed by atoms with van der Waals surface area (Å²) in [5.74, 6) is 0.564. The lowest BCUT2D eigenvalue weighted by molar-refractivity contribution is -0.116. The zero-order valence-corrected chi connectivity index (χ0v) is 11.4. The largest absolute Gasteiger partial charge is 0.320 e. The van der Waals surface area contributed by atoms with Gasteiger partial charge in [0.1, 0.15) is 5.01 Å². The second-order valence-electron chi connectivity index (χ2n) is 4.35. The van der Waals surface area contributed by atoms with Crippen LogP contribution in [0.3, 0.4) is 0 Å². The van der Waals surface area contributed by atoms with Crippen LogP contribution in [0.5, 0.6) is 0 Å². The van der Waals surface area contributed by atoms with Gasteiger partial charge < -0.3 is 10.6 Å². The van der Waals surface area contributed by atoms with Crippen molar-refractivity contribution in [2.24, 2.45) is 5.92 Å². The monoisotopic (exact) mass is 256 g/mol. The molecule has 2 N–H and O–H groups in total. The summed E-state index contributed by atoms with van der Waals surface area (Å²) in [6, 6.07) is 0. The van der Waals surface area contributed by atoms with Gasteiger partial charge in [-0.2, -0.15) is 0 Å². The highest BCUT2D eigenvalue weighted by Gasteiger charge is 2.08. The third-order valence-corrected chi connectivity index (χ3v) is 2.99. The van der Waals surface area contributed by atoms with Crippen molar-refractivity contribution in [2.75, 3.05) is 18.9 Å². The zero-order chi connectivity index (χ0) is 12.7. The van der Waals surface area contributed by atoms with Crippen LogP contribution in [-0.2, 0) is 11.2 Å². The van der Waals surface area contributed by atoms with Gasteiger partial charge in [0.05, 0.1) is 0 Å². The van der Waals surface area contributed by atoms with Gasteiger partial charge in [0.15, 0.2) is 0 Å². The normalized spacial score (nSPS) is 10.8. The molecular weight excluding hydrogens is 236 g/mol. The quantitative estimate of drug-likeness (QED) is 0.728. The molecule has 0 bridgehead atoms.